The summed E-state index contributed by atoms with van der Waals surface area (Å²) in [5.41, 5.74) is 2.34. The largest absolute Gasteiger partial charge is 0.457 e. The fourth-order valence-corrected chi connectivity index (χ4v) is 5.45. The van der Waals surface area contributed by atoms with Crippen LogP contribution in [0.25, 0.3) is 0 Å². The molecule has 4 rings (SSSR count). The number of carbonyl (C=O) groups is 1. The van der Waals surface area contributed by atoms with Gasteiger partial charge in [-0.05, 0) is 31.2 Å². The Bertz CT molecular complexity index is 979. The zero-order valence-corrected chi connectivity index (χ0v) is 19.7. The highest BCUT2D eigenvalue weighted by molar-refractivity contribution is 6.30. The average Bonchev–Trinajstić information content (AvgIpc) is 3.05. The van der Waals surface area contributed by atoms with Crippen LogP contribution in [0.2, 0.25) is 5.02 Å². The molecule has 0 saturated carbocycles. The summed E-state index contributed by atoms with van der Waals surface area (Å²) < 4.78 is 13.1. The van der Waals surface area contributed by atoms with E-state index >= 15 is 0 Å². The average molecular weight is 444 g/mol. The van der Waals surface area contributed by atoms with Crippen LogP contribution in [0.3, 0.4) is 0 Å². The van der Waals surface area contributed by atoms with Gasteiger partial charge in [0.2, 0.25) is 6.23 Å². The number of fused-ring (bicyclic) bond motifs is 5. The monoisotopic (exact) mass is 443 g/mol. The van der Waals surface area contributed by atoms with Gasteiger partial charge >= 0.3 is 6.09 Å². The van der Waals surface area contributed by atoms with Crippen LogP contribution < -0.4 is 4.74 Å². The van der Waals surface area contributed by atoms with Crippen molar-refractivity contribution in [2.45, 2.75) is 38.8 Å². The maximum atomic E-state index is 12.7. The second kappa shape index (κ2) is 8.36. The predicted molar refractivity (Wildman–Crippen MR) is 123 cm³/mol. The molecule has 0 bridgehead atoms. The Balaban J connectivity index is 1.75. The predicted octanol–water partition coefficient (Wildman–Crippen LogP) is 5.84. The first-order chi connectivity index (χ1) is 14.7. The number of hydrogen-bond acceptors (Lipinski definition) is 3. The summed E-state index contributed by atoms with van der Waals surface area (Å²) in [4.78, 5) is 14.3. The molecule has 2 heterocycles. The number of carbonyl (C=O) groups excluding carboxylic acids is 1. The first-order valence-electron chi connectivity index (χ1n) is 11.1. The second-order valence-corrected chi connectivity index (χ2v) is 9.85. The molecule has 2 aromatic carbocycles. The Labute approximate surface area is 190 Å². The van der Waals surface area contributed by atoms with E-state index in [-0.39, 0.29) is 30.1 Å². The molecule has 0 aromatic heterocycles. The van der Waals surface area contributed by atoms with Gasteiger partial charge in [0.25, 0.3) is 0 Å². The molecule has 1 saturated heterocycles. The van der Waals surface area contributed by atoms with Crippen molar-refractivity contribution in [1.29, 1.82) is 0 Å². The van der Waals surface area contributed by atoms with Crippen LogP contribution in [0.5, 0.6) is 11.5 Å². The van der Waals surface area contributed by atoms with Gasteiger partial charge in [0, 0.05) is 47.5 Å². The van der Waals surface area contributed by atoms with Gasteiger partial charge < -0.3 is 14.4 Å². The first-order valence-corrected chi connectivity index (χ1v) is 11.4. The lowest BCUT2D eigenvalue weighted by atomic mass is 9.84. The fraction of sp³-hybridized carbons (Fsp3) is 0.480. The lowest BCUT2D eigenvalue weighted by Gasteiger charge is -2.40. The number of amides is 1. The van der Waals surface area contributed by atoms with Gasteiger partial charge in [-0.25, -0.2) is 4.79 Å². The fourth-order valence-electron chi connectivity index (χ4n) is 5.27. The summed E-state index contributed by atoms with van der Waals surface area (Å²) in [6, 6.07) is 14.2. The summed E-state index contributed by atoms with van der Waals surface area (Å²) in [6.07, 6.45) is -0.496. The van der Waals surface area contributed by atoms with E-state index in [2.05, 4.69) is 33.0 Å². The van der Waals surface area contributed by atoms with Gasteiger partial charge in [0.1, 0.15) is 11.5 Å². The molecule has 166 valence electrons. The first kappa shape index (κ1) is 22.0. The summed E-state index contributed by atoms with van der Waals surface area (Å²) in [7, 11) is 3.99. The number of halogens is 1. The Kier molecular flexibility index (Phi) is 5.93. The normalized spacial score (nSPS) is 25.0. The van der Waals surface area contributed by atoms with Crippen LogP contribution in [0.15, 0.2) is 42.5 Å². The van der Waals surface area contributed by atoms with E-state index in [1.165, 1.54) is 5.56 Å². The van der Waals surface area contributed by atoms with E-state index in [0.29, 0.717) is 16.1 Å². The Morgan fingerprint density at radius 3 is 2.48 bits per heavy atom. The highest BCUT2D eigenvalue weighted by atomic mass is 35.5. The number of rotatable bonds is 4. The number of likely N-dealkylation sites (N-methyl/N-ethyl adjacent to an activating group) is 1. The van der Waals surface area contributed by atoms with Gasteiger partial charge in [-0.3, -0.25) is 4.48 Å². The van der Waals surface area contributed by atoms with E-state index < -0.39 is 0 Å². The van der Waals surface area contributed by atoms with Gasteiger partial charge in [-0.1, -0.05) is 43.6 Å². The van der Waals surface area contributed by atoms with Crippen molar-refractivity contribution in [3.63, 3.8) is 0 Å². The minimum absolute atomic E-state index is 0.187. The van der Waals surface area contributed by atoms with Crippen LogP contribution in [0.1, 0.15) is 43.7 Å². The van der Waals surface area contributed by atoms with E-state index in [4.69, 9.17) is 21.1 Å². The molecule has 2 aliphatic rings. The van der Waals surface area contributed by atoms with Crippen molar-refractivity contribution < 1.29 is 18.8 Å². The summed E-state index contributed by atoms with van der Waals surface area (Å²) in [5.74, 6) is 2.43. The smallest absolute Gasteiger partial charge is 0.414 e. The van der Waals surface area contributed by atoms with Gasteiger partial charge in [0.15, 0.2) is 0 Å². The van der Waals surface area contributed by atoms with Crippen LogP contribution in [0, 0.1) is 5.92 Å². The molecule has 1 amide bonds. The van der Waals surface area contributed by atoms with Crippen molar-refractivity contribution >= 4 is 17.7 Å². The van der Waals surface area contributed by atoms with Crippen molar-refractivity contribution in [3.05, 3.63) is 58.6 Å². The summed E-state index contributed by atoms with van der Waals surface area (Å²) in [6.45, 7) is 8.54. The van der Waals surface area contributed by atoms with E-state index in [1.807, 2.05) is 37.3 Å². The molecule has 4 unspecified atom stereocenters. The highest BCUT2D eigenvalue weighted by Gasteiger charge is 2.52. The lowest BCUT2D eigenvalue weighted by molar-refractivity contribution is -0.946. The Morgan fingerprint density at radius 2 is 1.81 bits per heavy atom. The Morgan fingerprint density at radius 1 is 1.16 bits per heavy atom. The van der Waals surface area contributed by atoms with Crippen molar-refractivity contribution in [3.8, 4) is 11.5 Å². The topological polar surface area (TPSA) is 38.8 Å². The maximum Gasteiger partial charge on any atom is 0.414 e. The molecule has 0 N–H and O–H groups in total. The minimum Gasteiger partial charge on any atom is -0.457 e. The molecule has 0 spiro atoms. The molecule has 4 atom stereocenters. The standard InChI is InChI=1S/C25H32ClN2O3/c1-6-27(4)25(29)31-24(16(2)3)28(5)14-20-18-9-7-8-10-22(18)30-23-12-11-17(26)13-19(23)21(20)15-28/h7-13,16,20-21,24H,6,14-15H2,1-5H3/q+1. The molecule has 0 radical (unpaired) electrons. The maximum absolute atomic E-state index is 12.7. The Hall–Kier alpha value is -2.24. The number of nitrogens with zero attached hydrogens (tertiary/aromatic N) is 2. The third-order valence-corrected chi connectivity index (χ3v) is 7.05. The molecule has 5 nitrogen and oxygen atoms in total. The molecule has 2 aromatic rings. The van der Waals surface area contributed by atoms with Crippen LogP contribution in [-0.2, 0) is 4.74 Å². The van der Waals surface area contributed by atoms with Crippen LogP contribution in [0.4, 0.5) is 4.79 Å². The molecular formula is C25H32ClN2O3+. The van der Waals surface area contributed by atoms with Gasteiger partial charge in [-0.2, -0.15) is 0 Å². The third-order valence-electron chi connectivity index (χ3n) is 6.82. The lowest BCUT2D eigenvalue weighted by Crippen LogP contribution is -2.56. The summed E-state index contributed by atoms with van der Waals surface area (Å²) >= 11 is 6.40. The van der Waals surface area contributed by atoms with Gasteiger partial charge in [-0.15, -0.1) is 0 Å². The molecule has 6 heteroatoms. The molecule has 31 heavy (non-hydrogen) atoms. The number of likely N-dealkylation sites (tertiary alicyclic amines) is 1. The number of hydrogen-bond donors (Lipinski definition) is 0. The number of quaternary nitrogens is 1. The SMILES string of the molecule is CCN(C)C(=O)OC(C(C)C)[N+]1(C)CC2c3ccccc3Oc3ccc(Cl)cc3C2C1. The molecular weight excluding hydrogens is 412 g/mol. The molecule has 1 fully saturated rings. The van der Waals surface area contributed by atoms with Crippen molar-refractivity contribution in [2.75, 3.05) is 33.7 Å². The van der Waals surface area contributed by atoms with Crippen LogP contribution in [-0.4, -0.2) is 55.4 Å². The summed E-state index contributed by atoms with van der Waals surface area (Å²) in [5, 5.41) is 0.713. The van der Waals surface area contributed by atoms with Crippen molar-refractivity contribution in [1.82, 2.24) is 4.90 Å². The number of ether oxygens (including phenoxy) is 2. The van der Waals surface area contributed by atoms with E-state index in [9.17, 15) is 4.79 Å². The number of para-hydroxylation sites is 1. The zero-order chi connectivity index (χ0) is 22.3. The highest BCUT2D eigenvalue weighted by Crippen LogP contribution is 2.52. The van der Waals surface area contributed by atoms with E-state index in [0.717, 1.165) is 30.2 Å². The minimum atomic E-state index is -0.264. The van der Waals surface area contributed by atoms with E-state index in [1.54, 1.807) is 11.9 Å². The van der Waals surface area contributed by atoms with Gasteiger partial charge in [0.05, 0.1) is 20.1 Å². The van der Waals surface area contributed by atoms with Crippen molar-refractivity contribution in [2.24, 2.45) is 5.92 Å². The van der Waals surface area contributed by atoms with Crippen LogP contribution >= 0.6 is 11.6 Å². The molecule has 0 aliphatic carbocycles. The molecule has 2 aliphatic heterocycles. The number of benzene rings is 2. The third kappa shape index (κ3) is 4.01. The second-order valence-electron chi connectivity index (χ2n) is 9.41. The zero-order valence-electron chi connectivity index (χ0n) is 19.0. The quantitative estimate of drug-likeness (QED) is 0.557.